The summed E-state index contributed by atoms with van der Waals surface area (Å²) in [5.74, 6) is 0.566. The van der Waals surface area contributed by atoms with Crippen LogP contribution in [0, 0.1) is 5.92 Å². The van der Waals surface area contributed by atoms with Gasteiger partial charge in [-0.1, -0.05) is 13.3 Å². The predicted molar refractivity (Wildman–Crippen MR) is 55.7 cm³/mol. The zero-order valence-electron chi connectivity index (χ0n) is 8.97. The third kappa shape index (κ3) is 3.28. The van der Waals surface area contributed by atoms with E-state index >= 15 is 0 Å². The number of aliphatic hydroxyl groups is 1. The normalized spacial score (nSPS) is 22.4. The smallest absolute Gasteiger partial charge is 0.0659 e. The first kappa shape index (κ1) is 11.0. The average Bonchev–Trinajstić information content (AvgIpc) is 1.93. The molecule has 1 unspecified atom stereocenters. The second kappa shape index (κ2) is 4.97. The Bertz CT molecular complexity index is 141. The molecule has 1 saturated carbocycles. The van der Waals surface area contributed by atoms with E-state index < -0.39 is 5.60 Å². The van der Waals surface area contributed by atoms with Crippen molar-refractivity contribution in [1.82, 2.24) is 5.32 Å². The van der Waals surface area contributed by atoms with E-state index in [9.17, 15) is 5.11 Å². The maximum atomic E-state index is 10.1. The number of hydrogen-bond donors (Lipinski definition) is 2. The Morgan fingerprint density at radius 2 is 2.08 bits per heavy atom. The van der Waals surface area contributed by atoms with Crippen molar-refractivity contribution < 1.29 is 5.11 Å². The highest BCUT2D eigenvalue weighted by Crippen LogP contribution is 2.37. The van der Waals surface area contributed by atoms with Crippen molar-refractivity contribution >= 4 is 0 Å². The highest BCUT2D eigenvalue weighted by Gasteiger charge is 2.35. The second-order valence-corrected chi connectivity index (χ2v) is 4.48. The van der Waals surface area contributed by atoms with E-state index in [2.05, 4.69) is 12.2 Å². The molecule has 2 N–H and O–H groups in total. The predicted octanol–water partition coefficient (Wildman–Crippen LogP) is 1.93. The molecule has 1 rings (SSSR count). The van der Waals surface area contributed by atoms with Crippen molar-refractivity contribution in [2.24, 2.45) is 5.92 Å². The quantitative estimate of drug-likeness (QED) is 0.620. The van der Waals surface area contributed by atoms with Crippen LogP contribution >= 0.6 is 0 Å². The van der Waals surface area contributed by atoms with Crippen LogP contribution in [0.4, 0.5) is 0 Å². The Labute approximate surface area is 81.7 Å². The molecule has 13 heavy (non-hydrogen) atoms. The zero-order valence-corrected chi connectivity index (χ0v) is 8.97. The second-order valence-electron chi connectivity index (χ2n) is 4.48. The molecule has 0 radical (unpaired) electrons. The molecule has 78 valence electrons. The maximum absolute atomic E-state index is 10.1. The van der Waals surface area contributed by atoms with Gasteiger partial charge in [-0.15, -0.1) is 0 Å². The van der Waals surface area contributed by atoms with Crippen LogP contribution in [0.2, 0.25) is 0 Å². The summed E-state index contributed by atoms with van der Waals surface area (Å²) in [6, 6.07) is 0. The van der Waals surface area contributed by atoms with E-state index in [1.807, 2.05) is 6.92 Å². The minimum absolute atomic E-state index is 0.418. The number of rotatable bonds is 6. The van der Waals surface area contributed by atoms with Crippen LogP contribution in [0.3, 0.4) is 0 Å². The van der Waals surface area contributed by atoms with Crippen LogP contribution in [0.5, 0.6) is 0 Å². The molecule has 1 fully saturated rings. The Morgan fingerprint density at radius 3 is 2.54 bits per heavy atom. The van der Waals surface area contributed by atoms with Gasteiger partial charge in [0.2, 0.25) is 0 Å². The van der Waals surface area contributed by atoms with Crippen molar-refractivity contribution in [3.8, 4) is 0 Å². The molecule has 0 spiro atoms. The molecule has 0 heterocycles. The van der Waals surface area contributed by atoms with Crippen molar-refractivity contribution in [1.29, 1.82) is 0 Å². The zero-order chi connectivity index (χ0) is 9.73. The average molecular weight is 185 g/mol. The lowest BCUT2D eigenvalue weighted by Gasteiger charge is -2.39. The molecule has 0 aromatic carbocycles. The van der Waals surface area contributed by atoms with Gasteiger partial charge in [-0.25, -0.2) is 0 Å². The third-order valence-electron chi connectivity index (χ3n) is 3.22. The van der Waals surface area contributed by atoms with E-state index in [0.29, 0.717) is 5.92 Å². The van der Waals surface area contributed by atoms with Gasteiger partial charge in [0.05, 0.1) is 5.60 Å². The first-order chi connectivity index (χ1) is 6.17. The Morgan fingerprint density at radius 1 is 1.38 bits per heavy atom. The van der Waals surface area contributed by atoms with Gasteiger partial charge >= 0.3 is 0 Å². The molecule has 1 aliphatic carbocycles. The first-order valence-electron chi connectivity index (χ1n) is 5.60. The van der Waals surface area contributed by atoms with Crippen molar-refractivity contribution in [2.75, 3.05) is 13.1 Å². The molecule has 2 nitrogen and oxygen atoms in total. The molecule has 2 heteroatoms. The molecule has 0 aromatic heterocycles. The van der Waals surface area contributed by atoms with Gasteiger partial charge in [-0.3, -0.25) is 0 Å². The van der Waals surface area contributed by atoms with Crippen LogP contribution in [0.1, 0.15) is 46.0 Å². The molecular formula is C11H23NO. The number of hydrogen-bond acceptors (Lipinski definition) is 2. The summed E-state index contributed by atoms with van der Waals surface area (Å²) in [6.45, 7) is 6.18. The highest BCUT2D eigenvalue weighted by atomic mass is 16.3. The lowest BCUT2D eigenvalue weighted by Crippen LogP contribution is -2.41. The van der Waals surface area contributed by atoms with E-state index in [1.165, 1.54) is 25.7 Å². The summed E-state index contributed by atoms with van der Waals surface area (Å²) >= 11 is 0. The van der Waals surface area contributed by atoms with Gasteiger partial charge in [0, 0.05) is 0 Å². The Balaban J connectivity index is 2.10. The molecular weight excluding hydrogens is 162 g/mol. The summed E-state index contributed by atoms with van der Waals surface area (Å²) in [5, 5.41) is 13.4. The fourth-order valence-electron chi connectivity index (χ4n) is 1.88. The first-order valence-corrected chi connectivity index (χ1v) is 5.60. The lowest BCUT2D eigenvalue weighted by atomic mass is 9.72. The minimum atomic E-state index is -0.418. The fraction of sp³-hybridized carbons (Fsp3) is 1.00. The van der Waals surface area contributed by atoms with E-state index in [0.717, 1.165) is 19.5 Å². The van der Waals surface area contributed by atoms with Crippen molar-refractivity contribution in [3.63, 3.8) is 0 Å². The Hall–Kier alpha value is -0.0800. The minimum Gasteiger partial charge on any atom is -0.390 e. The van der Waals surface area contributed by atoms with Crippen LogP contribution in [0.15, 0.2) is 0 Å². The molecule has 0 aliphatic heterocycles. The SMILES string of the molecule is CCCNCCC(C)(O)C1CCC1. The van der Waals surface area contributed by atoms with Crippen molar-refractivity contribution in [3.05, 3.63) is 0 Å². The third-order valence-corrected chi connectivity index (χ3v) is 3.22. The summed E-state index contributed by atoms with van der Waals surface area (Å²) < 4.78 is 0. The topological polar surface area (TPSA) is 32.3 Å². The number of nitrogens with one attached hydrogen (secondary N) is 1. The monoisotopic (exact) mass is 185 g/mol. The highest BCUT2D eigenvalue weighted by molar-refractivity contribution is 4.87. The van der Waals surface area contributed by atoms with Crippen LogP contribution < -0.4 is 5.32 Å². The molecule has 1 atom stereocenters. The molecule has 0 bridgehead atoms. The molecule has 0 aromatic rings. The molecule has 0 amide bonds. The lowest BCUT2D eigenvalue weighted by molar-refractivity contribution is -0.0404. The molecule has 0 saturated heterocycles. The van der Waals surface area contributed by atoms with E-state index in [4.69, 9.17) is 0 Å². The van der Waals surface area contributed by atoms with Gasteiger partial charge in [-0.05, 0) is 51.6 Å². The summed E-state index contributed by atoms with van der Waals surface area (Å²) in [5.41, 5.74) is -0.418. The van der Waals surface area contributed by atoms with Gasteiger partial charge in [0.15, 0.2) is 0 Å². The summed E-state index contributed by atoms with van der Waals surface area (Å²) in [7, 11) is 0. The van der Waals surface area contributed by atoms with Crippen molar-refractivity contribution in [2.45, 2.75) is 51.6 Å². The van der Waals surface area contributed by atoms with Gasteiger partial charge in [0.25, 0.3) is 0 Å². The summed E-state index contributed by atoms with van der Waals surface area (Å²) in [4.78, 5) is 0. The summed E-state index contributed by atoms with van der Waals surface area (Å²) in [6.07, 6.45) is 5.83. The van der Waals surface area contributed by atoms with Gasteiger partial charge in [-0.2, -0.15) is 0 Å². The van der Waals surface area contributed by atoms with Gasteiger partial charge < -0.3 is 10.4 Å². The van der Waals surface area contributed by atoms with Crippen LogP contribution in [-0.4, -0.2) is 23.8 Å². The Kier molecular flexibility index (Phi) is 4.20. The maximum Gasteiger partial charge on any atom is 0.0659 e. The molecule has 1 aliphatic rings. The standard InChI is InChI=1S/C11H23NO/c1-3-8-12-9-7-11(2,13)10-5-4-6-10/h10,12-13H,3-9H2,1-2H3. The largest absolute Gasteiger partial charge is 0.390 e. The van der Waals surface area contributed by atoms with E-state index in [1.54, 1.807) is 0 Å². The van der Waals surface area contributed by atoms with Crippen LogP contribution in [0.25, 0.3) is 0 Å². The van der Waals surface area contributed by atoms with E-state index in [-0.39, 0.29) is 0 Å². The van der Waals surface area contributed by atoms with Crippen LogP contribution in [-0.2, 0) is 0 Å². The van der Waals surface area contributed by atoms with Gasteiger partial charge in [0.1, 0.15) is 0 Å². The fourth-order valence-corrected chi connectivity index (χ4v) is 1.88.